The second-order valence-electron chi connectivity index (χ2n) is 7.26. The second kappa shape index (κ2) is 9.07. The molecular weight excluding hydrogens is 360 g/mol. The highest BCUT2D eigenvalue weighted by molar-refractivity contribution is 6.04. The number of methoxy groups -OCH3 is 1. The molecule has 1 aliphatic rings. The number of benzene rings is 1. The molecule has 8 heteroatoms. The maximum absolute atomic E-state index is 13.0. The van der Waals surface area contributed by atoms with Gasteiger partial charge in [-0.1, -0.05) is 5.16 Å². The minimum atomic E-state index is -0.654. The fourth-order valence-electron chi connectivity index (χ4n) is 3.36. The third kappa shape index (κ3) is 4.63. The highest BCUT2D eigenvalue weighted by Crippen LogP contribution is 2.33. The number of amides is 1. The standard InChI is InChI=1S/C20H28N4O4/c1-23(2)13-15(25)12-21-20(26)17-18(14-6-8-16(27-3)9-7-14)28-22-19(17)24-10-4-5-11-24/h6-9,15,25H,4-5,10-13H2,1-3H3,(H,21,26). The number of hydrogen-bond acceptors (Lipinski definition) is 7. The highest BCUT2D eigenvalue weighted by atomic mass is 16.5. The van der Waals surface area contributed by atoms with Crippen molar-refractivity contribution >= 4 is 11.7 Å². The lowest BCUT2D eigenvalue weighted by atomic mass is 10.1. The molecule has 2 aromatic rings. The third-order valence-electron chi connectivity index (χ3n) is 4.73. The van der Waals surface area contributed by atoms with Crippen molar-refractivity contribution in [3.63, 3.8) is 0 Å². The number of nitrogens with zero attached hydrogens (tertiary/aromatic N) is 3. The van der Waals surface area contributed by atoms with Crippen molar-refractivity contribution in [1.82, 2.24) is 15.4 Å². The molecule has 2 N–H and O–H groups in total. The average molecular weight is 388 g/mol. The molecule has 1 unspecified atom stereocenters. The number of carbonyl (C=O) groups excluding carboxylic acids is 1. The van der Waals surface area contributed by atoms with Gasteiger partial charge in [0, 0.05) is 31.7 Å². The number of aromatic nitrogens is 1. The lowest BCUT2D eigenvalue weighted by Crippen LogP contribution is -2.38. The lowest BCUT2D eigenvalue weighted by Gasteiger charge is -2.18. The molecule has 28 heavy (non-hydrogen) atoms. The van der Waals surface area contributed by atoms with E-state index in [1.807, 2.05) is 43.3 Å². The van der Waals surface area contributed by atoms with Crippen LogP contribution in [-0.2, 0) is 0 Å². The first-order valence-corrected chi connectivity index (χ1v) is 9.49. The summed E-state index contributed by atoms with van der Waals surface area (Å²) >= 11 is 0. The number of hydrogen-bond donors (Lipinski definition) is 2. The van der Waals surface area contributed by atoms with E-state index in [0.717, 1.165) is 37.2 Å². The van der Waals surface area contributed by atoms with Crippen LogP contribution in [0, 0.1) is 0 Å². The van der Waals surface area contributed by atoms with Gasteiger partial charge in [-0.3, -0.25) is 4.79 Å². The quantitative estimate of drug-likeness (QED) is 0.710. The Morgan fingerprint density at radius 1 is 1.32 bits per heavy atom. The van der Waals surface area contributed by atoms with Crippen molar-refractivity contribution in [3.05, 3.63) is 29.8 Å². The van der Waals surface area contributed by atoms with Crippen molar-refractivity contribution in [1.29, 1.82) is 0 Å². The van der Waals surface area contributed by atoms with Crippen LogP contribution in [0.4, 0.5) is 5.82 Å². The smallest absolute Gasteiger partial charge is 0.259 e. The molecule has 1 aromatic carbocycles. The van der Waals surface area contributed by atoms with Crippen molar-refractivity contribution in [2.75, 3.05) is 52.3 Å². The van der Waals surface area contributed by atoms with Gasteiger partial charge in [-0.05, 0) is 51.2 Å². The molecular formula is C20H28N4O4. The van der Waals surface area contributed by atoms with Crippen LogP contribution in [0.3, 0.4) is 0 Å². The van der Waals surface area contributed by atoms with Gasteiger partial charge in [0.2, 0.25) is 0 Å². The molecule has 0 bridgehead atoms. The zero-order chi connectivity index (χ0) is 20.1. The zero-order valence-electron chi connectivity index (χ0n) is 16.6. The van der Waals surface area contributed by atoms with Crippen molar-refractivity contribution in [2.24, 2.45) is 0 Å². The van der Waals surface area contributed by atoms with E-state index in [-0.39, 0.29) is 12.5 Å². The monoisotopic (exact) mass is 388 g/mol. The largest absolute Gasteiger partial charge is 0.497 e. The van der Waals surface area contributed by atoms with Crippen LogP contribution in [0.5, 0.6) is 5.75 Å². The first kappa shape index (κ1) is 20.2. The van der Waals surface area contributed by atoms with Crippen LogP contribution in [0.15, 0.2) is 28.8 Å². The van der Waals surface area contributed by atoms with Gasteiger partial charge >= 0.3 is 0 Å². The van der Waals surface area contributed by atoms with E-state index in [0.29, 0.717) is 23.7 Å². The van der Waals surface area contributed by atoms with E-state index in [4.69, 9.17) is 9.26 Å². The molecule has 1 aromatic heterocycles. The molecule has 0 saturated carbocycles. The predicted octanol–water partition coefficient (Wildman–Crippen LogP) is 1.60. The van der Waals surface area contributed by atoms with Gasteiger partial charge in [0.25, 0.3) is 5.91 Å². The fourth-order valence-corrected chi connectivity index (χ4v) is 3.36. The van der Waals surface area contributed by atoms with Gasteiger partial charge in [-0.25, -0.2) is 0 Å². The summed E-state index contributed by atoms with van der Waals surface area (Å²) in [6, 6.07) is 7.31. The minimum Gasteiger partial charge on any atom is -0.497 e. The van der Waals surface area contributed by atoms with Gasteiger partial charge in [-0.15, -0.1) is 0 Å². The van der Waals surface area contributed by atoms with Gasteiger partial charge in [0.15, 0.2) is 11.6 Å². The van der Waals surface area contributed by atoms with E-state index in [2.05, 4.69) is 15.4 Å². The number of carbonyl (C=O) groups is 1. The highest BCUT2D eigenvalue weighted by Gasteiger charge is 2.29. The Balaban J connectivity index is 1.86. The predicted molar refractivity (Wildman–Crippen MR) is 107 cm³/mol. The Bertz CT molecular complexity index is 782. The molecule has 1 atom stereocenters. The Morgan fingerprint density at radius 3 is 2.61 bits per heavy atom. The molecule has 0 radical (unpaired) electrons. The summed E-state index contributed by atoms with van der Waals surface area (Å²) in [4.78, 5) is 16.9. The molecule has 1 fully saturated rings. The maximum Gasteiger partial charge on any atom is 0.259 e. The maximum atomic E-state index is 13.0. The molecule has 3 rings (SSSR count). The molecule has 152 valence electrons. The van der Waals surface area contributed by atoms with Crippen LogP contribution >= 0.6 is 0 Å². The first-order valence-electron chi connectivity index (χ1n) is 9.49. The molecule has 0 aliphatic carbocycles. The first-order chi connectivity index (χ1) is 13.5. The van der Waals surface area contributed by atoms with E-state index in [1.54, 1.807) is 7.11 Å². The van der Waals surface area contributed by atoms with Crippen molar-refractivity contribution in [3.8, 4) is 17.1 Å². The van der Waals surface area contributed by atoms with E-state index in [1.165, 1.54) is 0 Å². The summed E-state index contributed by atoms with van der Waals surface area (Å²) in [5, 5.41) is 17.1. The number of aliphatic hydroxyl groups excluding tert-OH is 1. The van der Waals surface area contributed by atoms with Crippen LogP contribution in [0.2, 0.25) is 0 Å². The number of likely N-dealkylation sites (N-methyl/N-ethyl adjacent to an activating group) is 1. The van der Waals surface area contributed by atoms with Crippen LogP contribution in [0.1, 0.15) is 23.2 Å². The van der Waals surface area contributed by atoms with Crippen LogP contribution in [-0.4, -0.2) is 74.6 Å². The molecule has 1 aliphatic heterocycles. The fraction of sp³-hybridized carbons (Fsp3) is 0.500. The Kier molecular flexibility index (Phi) is 6.53. The third-order valence-corrected chi connectivity index (χ3v) is 4.73. The van der Waals surface area contributed by atoms with E-state index < -0.39 is 6.10 Å². The molecule has 1 saturated heterocycles. The zero-order valence-corrected chi connectivity index (χ0v) is 16.6. The Hall–Kier alpha value is -2.58. The van der Waals surface area contributed by atoms with Gasteiger partial charge in [0.05, 0.1) is 13.2 Å². The van der Waals surface area contributed by atoms with Crippen molar-refractivity contribution < 1.29 is 19.2 Å². The molecule has 0 spiro atoms. The topological polar surface area (TPSA) is 91.1 Å². The summed E-state index contributed by atoms with van der Waals surface area (Å²) in [6.45, 7) is 2.31. The Labute approximate surface area is 165 Å². The average Bonchev–Trinajstić information content (AvgIpc) is 3.35. The summed E-state index contributed by atoms with van der Waals surface area (Å²) in [6.07, 6.45) is 1.47. The van der Waals surface area contributed by atoms with Gasteiger partial charge < -0.3 is 29.5 Å². The lowest BCUT2D eigenvalue weighted by molar-refractivity contribution is 0.0893. The van der Waals surface area contributed by atoms with E-state index in [9.17, 15) is 9.90 Å². The molecule has 1 amide bonds. The minimum absolute atomic E-state index is 0.156. The Morgan fingerprint density at radius 2 is 2.00 bits per heavy atom. The van der Waals surface area contributed by atoms with Gasteiger partial charge in [-0.2, -0.15) is 0 Å². The number of anilines is 1. The second-order valence-corrected chi connectivity index (χ2v) is 7.26. The van der Waals surface area contributed by atoms with Gasteiger partial charge in [0.1, 0.15) is 11.3 Å². The van der Waals surface area contributed by atoms with Crippen molar-refractivity contribution in [2.45, 2.75) is 18.9 Å². The molecule has 2 heterocycles. The van der Waals surface area contributed by atoms with E-state index >= 15 is 0 Å². The summed E-state index contributed by atoms with van der Waals surface area (Å²) in [5.41, 5.74) is 1.15. The number of nitrogens with one attached hydrogen (secondary N) is 1. The summed E-state index contributed by atoms with van der Waals surface area (Å²) < 4.78 is 10.8. The van der Waals surface area contributed by atoms with Crippen LogP contribution in [0.25, 0.3) is 11.3 Å². The molecule has 8 nitrogen and oxygen atoms in total. The summed E-state index contributed by atoms with van der Waals surface area (Å²) in [5.74, 6) is 1.40. The number of rotatable bonds is 8. The summed E-state index contributed by atoms with van der Waals surface area (Å²) in [7, 11) is 5.35. The number of aliphatic hydroxyl groups is 1. The normalized spacial score (nSPS) is 15.1. The van der Waals surface area contributed by atoms with Crippen LogP contribution < -0.4 is 15.0 Å². The SMILES string of the molecule is COc1ccc(-c2onc(N3CCCC3)c2C(=O)NCC(O)CN(C)C)cc1. The number of ether oxygens (including phenoxy) is 1.